The van der Waals surface area contributed by atoms with Crippen LogP contribution in [0, 0.1) is 0 Å². The van der Waals surface area contributed by atoms with Crippen LogP contribution in [0.4, 0.5) is 17.3 Å². The van der Waals surface area contributed by atoms with Crippen molar-refractivity contribution >= 4 is 23.1 Å². The number of nitrogens with one attached hydrogen (secondary N) is 2. The highest BCUT2D eigenvalue weighted by Crippen LogP contribution is 2.22. The van der Waals surface area contributed by atoms with Gasteiger partial charge in [0, 0.05) is 23.4 Å². The maximum absolute atomic E-state index is 11.3. The van der Waals surface area contributed by atoms with Crippen LogP contribution in [0.2, 0.25) is 0 Å². The Hall–Kier alpha value is -2.43. The molecule has 1 heterocycles. The zero-order valence-corrected chi connectivity index (χ0v) is 14.1. The third kappa shape index (κ3) is 4.54. The minimum Gasteiger partial charge on any atom is -0.367 e. The molecule has 0 unspecified atom stereocenters. The van der Waals surface area contributed by atoms with Crippen LogP contribution < -0.4 is 10.6 Å². The molecule has 0 radical (unpaired) electrons. The van der Waals surface area contributed by atoms with Gasteiger partial charge in [-0.1, -0.05) is 25.7 Å². The number of Topliss-reactive ketones (excluding diaryl/α,β-unsaturated/α-hetero) is 1. The Morgan fingerprint density at radius 3 is 2.33 bits per heavy atom. The van der Waals surface area contributed by atoms with Gasteiger partial charge in [0.05, 0.1) is 0 Å². The summed E-state index contributed by atoms with van der Waals surface area (Å²) in [5.41, 5.74) is 1.61. The first-order chi connectivity index (χ1) is 11.7. The van der Waals surface area contributed by atoms with E-state index in [-0.39, 0.29) is 5.78 Å². The van der Waals surface area contributed by atoms with E-state index in [9.17, 15) is 4.79 Å². The summed E-state index contributed by atoms with van der Waals surface area (Å²) in [6.07, 6.45) is 9.24. The third-order valence-electron chi connectivity index (χ3n) is 4.44. The Morgan fingerprint density at radius 1 is 1.00 bits per heavy atom. The van der Waals surface area contributed by atoms with Crippen LogP contribution >= 0.6 is 0 Å². The predicted molar refractivity (Wildman–Crippen MR) is 96.9 cm³/mol. The molecule has 1 saturated carbocycles. The molecule has 2 N–H and O–H groups in total. The van der Waals surface area contributed by atoms with Gasteiger partial charge in [-0.15, -0.1) is 0 Å². The van der Waals surface area contributed by atoms with E-state index in [1.165, 1.54) is 38.5 Å². The van der Waals surface area contributed by atoms with Gasteiger partial charge in [0.2, 0.25) is 0 Å². The first-order valence-electron chi connectivity index (χ1n) is 8.67. The van der Waals surface area contributed by atoms with Crippen molar-refractivity contribution in [3.63, 3.8) is 0 Å². The Bertz CT molecular complexity index is 676. The van der Waals surface area contributed by atoms with Crippen LogP contribution in [0.25, 0.3) is 0 Å². The molecule has 0 amide bonds. The van der Waals surface area contributed by atoms with E-state index >= 15 is 0 Å². The molecule has 0 saturated heterocycles. The smallest absolute Gasteiger partial charge is 0.159 e. The lowest BCUT2D eigenvalue weighted by Gasteiger charge is -2.17. The van der Waals surface area contributed by atoms with Crippen molar-refractivity contribution in [3.8, 4) is 0 Å². The van der Waals surface area contributed by atoms with Crippen molar-refractivity contribution in [1.29, 1.82) is 0 Å². The molecule has 3 rings (SSSR count). The minimum atomic E-state index is 0.0680. The molecule has 5 heteroatoms. The van der Waals surface area contributed by atoms with E-state index in [0.29, 0.717) is 11.6 Å². The van der Waals surface area contributed by atoms with Gasteiger partial charge in [0.25, 0.3) is 0 Å². The molecule has 1 aromatic carbocycles. The van der Waals surface area contributed by atoms with Crippen molar-refractivity contribution in [2.45, 2.75) is 51.5 Å². The van der Waals surface area contributed by atoms with E-state index in [4.69, 9.17) is 0 Å². The summed E-state index contributed by atoms with van der Waals surface area (Å²) in [7, 11) is 0. The summed E-state index contributed by atoms with van der Waals surface area (Å²) >= 11 is 0. The van der Waals surface area contributed by atoms with Crippen molar-refractivity contribution in [2.24, 2.45) is 0 Å². The van der Waals surface area contributed by atoms with Gasteiger partial charge in [-0.2, -0.15) is 0 Å². The Kier molecular flexibility index (Phi) is 5.41. The van der Waals surface area contributed by atoms with E-state index in [2.05, 4.69) is 20.6 Å². The molecular formula is C19H24N4O. The summed E-state index contributed by atoms with van der Waals surface area (Å²) in [5, 5.41) is 6.79. The number of nitrogens with zero attached hydrogens (tertiary/aromatic N) is 2. The highest BCUT2D eigenvalue weighted by Gasteiger charge is 2.12. The van der Waals surface area contributed by atoms with Gasteiger partial charge >= 0.3 is 0 Å². The van der Waals surface area contributed by atoms with Gasteiger partial charge in [-0.25, -0.2) is 9.97 Å². The molecule has 2 aromatic rings. The summed E-state index contributed by atoms with van der Waals surface area (Å²) in [5.74, 6) is 1.68. The fraction of sp³-hybridized carbons (Fsp3) is 0.421. The number of hydrogen-bond donors (Lipinski definition) is 2. The Labute approximate surface area is 142 Å². The molecule has 5 nitrogen and oxygen atoms in total. The predicted octanol–water partition coefficient (Wildman–Crippen LogP) is 4.56. The topological polar surface area (TPSA) is 66.9 Å². The van der Waals surface area contributed by atoms with E-state index in [1.54, 1.807) is 13.3 Å². The number of benzene rings is 1. The lowest BCUT2D eigenvalue weighted by Crippen LogP contribution is -2.19. The number of ketones is 1. The van der Waals surface area contributed by atoms with Gasteiger partial charge < -0.3 is 10.6 Å². The van der Waals surface area contributed by atoms with Crippen LogP contribution in [0.15, 0.2) is 36.7 Å². The van der Waals surface area contributed by atoms with Crippen LogP contribution in [0.1, 0.15) is 55.8 Å². The van der Waals surface area contributed by atoms with Crippen LogP contribution in [-0.4, -0.2) is 21.8 Å². The van der Waals surface area contributed by atoms with Crippen molar-refractivity contribution in [2.75, 3.05) is 10.6 Å². The monoisotopic (exact) mass is 324 g/mol. The lowest BCUT2D eigenvalue weighted by atomic mass is 10.1. The van der Waals surface area contributed by atoms with Crippen LogP contribution in [-0.2, 0) is 0 Å². The normalized spacial score (nSPS) is 15.5. The Morgan fingerprint density at radius 2 is 1.67 bits per heavy atom. The second-order valence-corrected chi connectivity index (χ2v) is 6.38. The zero-order valence-electron chi connectivity index (χ0n) is 14.1. The molecule has 0 spiro atoms. The molecular weight excluding hydrogens is 300 g/mol. The number of hydrogen-bond acceptors (Lipinski definition) is 5. The first-order valence-corrected chi connectivity index (χ1v) is 8.67. The number of rotatable bonds is 5. The minimum absolute atomic E-state index is 0.0680. The molecule has 0 bridgehead atoms. The average molecular weight is 324 g/mol. The van der Waals surface area contributed by atoms with Gasteiger partial charge in [-0.05, 0) is 44.0 Å². The number of carbonyl (C=O) groups is 1. The second kappa shape index (κ2) is 7.90. The summed E-state index contributed by atoms with van der Waals surface area (Å²) in [6, 6.07) is 9.84. The summed E-state index contributed by atoms with van der Waals surface area (Å²) in [4.78, 5) is 19.9. The molecule has 0 aliphatic heterocycles. The third-order valence-corrected chi connectivity index (χ3v) is 4.44. The number of anilines is 3. The fourth-order valence-corrected chi connectivity index (χ4v) is 3.07. The van der Waals surface area contributed by atoms with E-state index < -0.39 is 0 Å². The molecule has 1 fully saturated rings. The van der Waals surface area contributed by atoms with E-state index in [0.717, 1.165) is 17.3 Å². The van der Waals surface area contributed by atoms with Gasteiger partial charge in [0.15, 0.2) is 5.78 Å². The van der Waals surface area contributed by atoms with Crippen molar-refractivity contribution < 1.29 is 4.79 Å². The highest BCUT2D eigenvalue weighted by atomic mass is 16.1. The number of aromatic nitrogens is 2. The SMILES string of the molecule is CC(=O)c1ccc(Nc2cc(NC3CCCCCC3)ncn2)cc1. The standard InChI is InChI=1S/C19H24N4O/c1-14(24)15-8-10-17(11-9-15)23-19-12-18(20-13-21-19)22-16-6-4-2-3-5-7-16/h8-13,16H,2-7H2,1H3,(H2,20,21,22,23). The zero-order chi connectivity index (χ0) is 16.8. The average Bonchev–Trinajstić information content (AvgIpc) is 2.84. The summed E-state index contributed by atoms with van der Waals surface area (Å²) < 4.78 is 0. The molecule has 126 valence electrons. The maximum Gasteiger partial charge on any atom is 0.159 e. The summed E-state index contributed by atoms with van der Waals surface area (Å²) in [6.45, 7) is 1.57. The Balaban J connectivity index is 1.65. The van der Waals surface area contributed by atoms with Gasteiger partial charge in [-0.3, -0.25) is 4.79 Å². The maximum atomic E-state index is 11.3. The molecule has 0 atom stereocenters. The molecule has 1 aliphatic carbocycles. The van der Waals surface area contributed by atoms with Crippen LogP contribution in [0.5, 0.6) is 0 Å². The fourth-order valence-electron chi connectivity index (χ4n) is 3.07. The molecule has 1 aliphatic rings. The first kappa shape index (κ1) is 16.4. The number of carbonyl (C=O) groups excluding carboxylic acids is 1. The molecule has 24 heavy (non-hydrogen) atoms. The molecule has 1 aromatic heterocycles. The van der Waals surface area contributed by atoms with E-state index in [1.807, 2.05) is 30.3 Å². The van der Waals surface area contributed by atoms with Crippen molar-refractivity contribution in [3.05, 3.63) is 42.2 Å². The van der Waals surface area contributed by atoms with Crippen LogP contribution in [0.3, 0.4) is 0 Å². The second-order valence-electron chi connectivity index (χ2n) is 6.38. The van der Waals surface area contributed by atoms with Gasteiger partial charge in [0.1, 0.15) is 18.0 Å². The lowest BCUT2D eigenvalue weighted by molar-refractivity contribution is 0.101. The quantitative estimate of drug-likeness (QED) is 0.623. The highest BCUT2D eigenvalue weighted by molar-refractivity contribution is 5.94. The van der Waals surface area contributed by atoms with Crippen molar-refractivity contribution in [1.82, 2.24) is 9.97 Å². The largest absolute Gasteiger partial charge is 0.367 e.